The molecule has 1 aromatic rings. The van der Waals surface area contributed by atoms with Crippen LogP contribution in [-0.4, -0.2) is 43.3 Å². The number of methoxy groups -OCH3 is 1. The molecule has 3 rings (SSSR count). The zero-order valence-corrected chi connectivity index (χ0v) is 13.4. The second-order valence-electron chi connectivity index (χ2n) is 5.98. The zero-order valence-electron chi connectivity index (χ0n) is 11.8. The molecule has 0 bridgehead atoms. The largest absolute Gasteiger partial charge is 0.503 e. The Hall–Kier alpha value is -0.780. The first-order valence-corrected chi connectivity index (χ1v) is 7.90. The van der Waals surface area contributed by atoms with E-state index < -0.39 is 0 Å². The monoisotopic (exact) mass is 340 g/mol. The molecule has 2 fully saturated rings. The average molecular weight is 341 g/mol. The van der Waals surface area contributed by atoms with Gasteiger partial charge in [0.15, 0.2) is 11.5 Å². The lowest BCUT2D eigenvalue weighted by Crippen LogP contribution is -2.29. The molecule has 1 unspecified atom stereocenters. The summed E-state index contributed by atoms with van der Waals surface area (Å²) in [7, 11) is 1.57. The van der Waals surface area contributed by atoms with Crippen LogP contribution in [0.2, 0.25) is 0 Å². The van der Waals surface area contributed by atoms with E-state index in [1.165, 1.54) is 12.8 Å². The third-order valence-electron chi connectivity index (χ3n) is 4.62. The Labute approximate surface area is 128 Å². The summed E-state index contributed by atoms with van der Waals surface area (Å²) < 4.78 is 5.88. The Balaban J connectivity index is 1.71. The predicted octanol–water partition coefficient (Wildman–Crippen LogP) is 2.35. The summed E-state index contributed by atoms with van der Waals surface area (Å²) in [6, 6.07) is 3.86. The maximum absolute atomic E-state index is 10.1. The number of nitrogens with one attached hydrogen (secondary N) is 1. The predicted molar refractivity (Wildman–Crippen MR) is 82.2 cm³/mol. The molecule has 1 atom stereocenters. The van der Waals surface area contributed by atoms with Crippen molar-refractivity contribution in [2.24, 2.45) is 5.41 Å². The number of rotatable bonds is 3. The van der Waals surface area contributed by atoms with Crippen LogP contribution in [0.4, 0.5) is 0 Å². The third-order valence-corrected chi connectivity index (χ3v) is 5.51. The molecular weight excluding hydrogens is 320 g/mol. The molecular formula is C15H21BrN2O2. The molecule has 1 spiro atoms. The number of benzene rings is 1. The van der Waals surface area contributed by atoms with Crippen molar-refractivity contribution < 1.29 is 9.84 Å². The summed E-state index contributed by atoms with van der Waals surface area (Å²) in [5, 5.41) is 13.5. The Morgan fingerprint density at radius 2 is 2.30 bits per heavy atom. The summed E-state index contributed by atoms with van der Waals surface area (Å²) in [6.45, 7) is 5.47. The molecule has 0 radical (unpaired) electrons. The van der Waals surface area contributed by atoms with Crippen molar-refractivity contribution in [1.29, 1.82) is 0 Å². The number of nitrogens with zero attached hydrogens (tertiary/aromatic N) is 1. The van der Waals surface area contributed by atoms with Gasteiger partial charge in [-0.15, -0.1) is 0 Å². The SMILES string of the molecule is COc1ccc(CN2CCC3(CCNC3)C2)c(Br)c1O. The molecule has 0 aromatic heterocycles. The fourth-order valence-corrected chi connectivity index (χ4v) is 3.88. The second-order valence-corrected chi connectivity index (χ2v) is 6.77. The van der Waals surface area contributed by atoms with E-state index in [1.807, 2.05) is 12.1 Å². The number of aromatic hydroxyl groups is 1. The van der Waals surface area contributed by atoms with E-state index >= 15 is 0 Å². The summed E-state index contributed by atoms with van der Waals surface area (Å²) >= 11 is 3.49. The van der Waals surface area contributed by atoms with Crippen molar-refractivity contribution in [1.82, 2.24) is 10.2 Å². The molecule has 5 heteroatoms. The number of phenols is 1. The van der Waals surface area contributed by atoms with Gasteiger partial charge in [-0.1, -0.05) is 6.07 Å². The van der Waals surface area contributed by atoms with Gasteiger partial charge in [-0.3, -0.25) is 4.90 Å². The maximum Gasteiger partial charge on any atom is 0.172 e. The van der Waals surface area contributed by atoms with Crippen LogP contribution in [0.25, 0.3) is 0 Å². The smallest absolute Gasteiger partial charge is 0.172 e. The molecule has 1 aromatic carbocycles. The molecule has 0 aliphatic carbocycles. The summed E-state index contributed by atoms with van der Waals surface area (Å²) in [5.74, 6) is 0.708. The normalized spacial score (nSPS) is 26.5. The molecule has 110 valence electrons. The number of hydrogen-bond acceptors (Lipinski definition) is 4. The fraction of sp³-hybridized carbons (Fsp3) is 0.600. The number of ether oxygens (including phenoxy) is 1. The molecule has 2 saturated heterocycles. The first-order chi connectivity index (χ1) is 9.63. The molecule has 2 heterocycles. The van der Waals surface area contributed by atoms with E-state index in [0.717, 1.165) is 42.8 Å². The lowest BCUT2D eigenvalue weighted by atomic mass is 9.86. The van der Waals surface area contributed by atoms with Gasteiger partial charge in [-0.2, -0.15) is 0 Å². The van der Waals surface area contributed by atoms with Gasteiger partial charge in [0, 0.05) is 19.6 Å². The molecule has 20 heavy (non-hydrogen) atoms. The lowest BCUT2D eigenvalue weighted by Gasteiger charge is -2.23. The van der Waals surface area contributed by atoms with E-state index in [9.17, 15) is 5.11 Å². The molecule has 2 N–H and O–H groups in total. The molecule has 2 aliphatic rings. The number of halogens is 1. The minimum absolute atomic E-state index is 0.196. The van der Waals surface area contributed by atoms with Crippen molar-refractivity contribution in [3.63, 3.8) is 0 Å². The topological polar surface area (TPSA) is 44.7 Å². The molecule has 0 amide bonds. The minimum atomic E-state index is 0.196. The van der Waals surface area contributed by atoms with Crippen LogP contribution >= 0.6 is 15.9 Å². The van der Waals surface area contributed by atoms with E-state index in [4.69, 9.17) is 4.74 Å². The summed E-state index contributed by atoms with van der Waals surface area (Å²) in [4.78, 5) is 2.49. The zero-order chi connectivity index (χ0) is 14.2. The van der Waals surface area contributed by atoms with Gasteiger partial charge in [0.1, 0.15) is 0 Å². The van der Waals surface area contributed by atoms with Crippen molar-refractivity contribution in [3.05, 3.63) is 22.2 Å². The highest BCUT2D eigenvalue weighted by atomic mass is 79.9. The van der Waals surface area contributed by atoms with E-state index in [-0.39, 0.29) is 5.75 Å². The lowest BCUT2D eigenvalue weighted by molar-refractivity contribution is 0.268. The van der Waals surface area contributed by atoms with Gasteiger partial charge in [0.2, 0.25) is 0 Å². The van der Waals surface area contributed by atoms with Crippen LogP contribution in [0, 0.1) is 5.41 Å². The van der Waals surface area contributed by atoms with Gasteiger partial charge in [-0.05, 0) is 58.9 Å². The molecule has 0 saturated carbocycles. The van der Waals surface area contributed by atoms with Gasteiger partial charge < -0.3 is 15.2 Å². The van der Waals surface area contributed by atoms with Crippen molar-refractivity contribution in [2.75, 3.05) is 33.3 Å². The minimum Gasteiger partial charge on any atom is -0.503 e. The van der Waals surface area contributed by atoms with Crippen LogP contribution in [0.15, 0.2) is 16.6 Å². The second kappa shape index (κ2) is 5.54. The van der Waals surface area contributed by atoms with E-state index in [1.54, 1.807) is 7.11 Å². The van der Waals surface area contributed by atoms with Crippen LogP contribution in [0.5, 0.6) is 11.5 Å². The quantitative estimate of drug-likeness (QED) is 0.886. The van der Waals surface area contributed by atoms with Crippen molar-refractivity contribution >= 4 is 15.9 Å². The van der Waals surface area contributed by atoms with Gasteiger partial charge >= 0.3 is 0 Å². The Morgan fingerprint density at radius 1 is 1.45 bits per heavy atom. The highest BCUT2D eigenvalue weighted by molar-refractivity contribution is 9.10. The Kier molecular flexibility index (Phi) is 3.93. The summed E-state index contributed by atoms with van der Waals surface area (Å²) in [6.07, 6.45) is 2.57. The summed E-state index contributed by atoms with van der Waals surface area (Å²) in [5.41, 5.74) is 1.60. The first kappa shape index (κ1) is 14.2. The first-order valence-electron chi connectivity index (χ1n) is 7.11. The van der Waals surface area contributed by atoms with Gasteiger partial charge in [0.05, 0.1) is 11.6 Å². The highest BCUT2D eigenvalue weighted by Gasteiger charge is 2.40. The van der Waals surface area contributed by atoms with E-state index in [2.05, 4.69) is 26.1 Å². The van der Waals surface area contributed by atoms with Crippen LogP contribution < -0.4 is 10.1 Å². The highest BCUT2D eigenvalue weighted by Crippen LogP contribution is 2.40. The van der Waals surface area contributed by atoms with Crippen LogP contribution in [-0.2, 0) is 6.54 Å². The fourth-order valence-electron chi connectivity index (χ4n) is 3.42. The van der Waals surface area contributed by atoms with E-state index in [0.29, 0.717) is 11.2 Å². The Morgan fingerprint density at radius 3 is 3.00 bits per heavy atom. The number of likely N-dealkylation sites (tertiary alicyclic amines) is 1. The third kappa shape index (κ3) is 2.54. The average Bonchev–Trinajstić information content (AvgIpc) is 3.06. The van der Waals surface area contributed by atoms with Crippen LogP contribution in [0.1, 0.15) is 18.4 Å². The Bertz CT molecular complexity index is 501. The number of phenolic OH excluding ortho intramolecular Hbond substituents is 1. The van der Waals surface area contributed by atoms with Gasteiger partial charge in [0.25, 0.3) is 0 Å². The van der Waals surface area contributed by atoms with Crippen molar-refractivity contribution in [2.45, 2.75) is 19.4 Å². The maximum atomic E-state index is 10.1. The van der Waals surface area contributed by atoms with Crippen LogP contribution in [0.3, 0.4) is 0 Å². The number of hydrogen-bond donors (Lipinski definition) is 2. The standard InChI is InChI=1S/C15H21BrN2O2/c1-20-12-3-2-11(13(16)14(12)19)8-18-7-5-15(10-18)4-6-17-9-15/h2-3,17,19H,4-10H2,1H3. The molecule has 4 nitrogen and oxygen atoms in total. The van der Waals surface area contributed by atoms with Gasteiger partial charge in [-0.25, -0.2) is 0 Å². The molecule has 2 aliphatic heterocycles. The van der Waals surface area contributed by atoms with Crippen molar-refractivity contribution in [3.8, 4) is 11.5 Å².